The zero-order valence-electron chi connectivity index (χ0n) is 22.4. The number of hydrogen-bond acceptors (Lipinski definition) is 8. The number of benzene rings is 1. The lowest BCUT2D eigenvalue weighted by molar-refractivity contribution is -0.137. The number of amides is 1. The summed E-state index contributed by atoms with van der Waals surface area (Å²) in [6.45, 7) is 6.50. The predicted molar refractivity (Wildman–Crippen MR) is 152 cm³/mol. The Labute approximate surface area is 234 Å². The van der Waals surface area contributed by atoms with Crippen LogP contribution in [0, 0.1) is 11.2 Å². The van der Waals surface area contributed by atoms with Gasteiger partial charge in [0.1, 0.15) is 11.5 Å². The number of aromatic nitrogens is 3. The quantitative estimate of drug-likeness (QED) is 0.169. The van der Waals surface area contributed by atoms with Gasteiger partial charge in [-0.05, 0) is 68.0 Å². The van der Waals surface area contributed by atoms with Crippen molar-refractivity contribution < 1.29 is 18.7 Å². The molecule has 0 bridgehead atoms. The SMILES string of the molecule is CCOC(=O)/C(C=N)=C/Nc1ccc(-c2cc3nc(C(=O)N4CCc5sccc5C4C)cc(CC)n3n2)c(F)c1. The van der Waals surface area contributed by atoms with Gasteiger partial charge >= 0.3 is 5.97 Å². The van der Waals surface area contributed by atoms with Gasteiger partial charge in [-0.1, -0.05) is 6.92 Å². The molecule has 1 aliphatic rings. The van der Waals surface area contributed by atoms with Crippen LogP contribution in [0.1, 0.15) is 53.4 Å². The number of nitrogens with zero attached hydrogens (tertiary/aromatic N) is 4. The van der Waals surface area contributed by atoms with E-state index >= 15 is 4.39 Å². The summed E-state index contributed by atoms with van der Waals surface area (Å²) in [7, 11) is 0. The molecule has 4 aromatic rings. The van der Waals surface area contributed by atoms with Gasteiger partial charge in [-0.3, -0.25) is 4.79 Å². The van der Waals surface area contributed by atoms with Crippen LogP contribution in [0.15, 0.2) is 53.6 Å². The lowest BCUT2D eigenvalue weighted by Crippen LogP contribution is -2.38. The van der Waals surface area contributed by atoms with E-state index in [0.29, 0.717) is 35.7 Å². The lowest BCUT2D eigenvalue weighted by Gasteiger charge is -2.33. The fraction of sp³-hybridized carbons (Fsp3) is 0.276. The van der Waals surface area contributed by atoms with Crippen LogP contribution < -0.4 is 5.32 Å². The predicted octanol–water partition coefficient (Wildman–Crippen LogP) is 5.43. The largest absolute Gasteiger partial charge is 0.462 e. The molecule has 9 nitrogen and oxygen atoms in total. The van der Waals surface area contributed by atoms with Crippen molar-refractivity contribution >= 4 is 40.8 Å². The zero-order valence-corrected chi connectivity index (χ0v) is 23.2. The Morgan fingerprint density at radius 2 is 2.08 bits per heavy atom. The summed E-state index contributed by atoms with van der Waals surface area (Å²) < 4.78 is 21.7. The van der Waals surface area contributed by atoms with Gasteiger partial charge in [0.25, 0.3) is 5.91 Å². The number of nitrogens with one attached hydrogen (secondary N) is 2. The number of esters is 1. The van der Waals surface area contributed by atoms with Gasteiger partial charge in [0.05, 0.1) is 23.9 Å². The molecule has 4 heterocycles. The molecule has 3 aromatic heterocycles. The van der Waals surface area contributed by atoms with E-state index in [4.69, 9.17) is 10.1 Å². The summed E-state index contributed by atoms with van der Waals surface area (Å²) in [4.78, 5) is 33.2. The van der Waals surface area contributed by atoms with Gasteiger partial charge in [0.15, 0.2) is 5.65 Å². The molecule has 1 amide bonds. The number of thiophene rings is 1. The van der Waals surface area contributed by atoms with Gasteiger partial charge in [0, 0.05) is 46.8 Å². The molecule has 1 aliphatic heterocycles. The Hall–Kier alpha value is -4.38. The molecule has 0 fully saturated rings. The number of hydrogen-bond donors (Lipinski definition) is 2. The van der Waals surface area contributed by atoms with Gasteiger partial charge < -0.3 is 20.4 Å². The van der Waals surface area contributed by atoms with Crippen LogP contribution in [0.25, 0.3) is 16.9 Å². The number of carbonyl (C=O) groups is 2. The highest BCUT2D eigenvalue weighted by Gasteiger charge is 2.30. The number of halogens is 1. The Balaban J connectivity index is 1.42. The maximum absolute atomic E-state index is 15.2. The third-order valence-electron chi connectivity index (χ3n) is 6.93. The second kappa shape index (κ2) is 11.4. The van der Waals surface area contributed by atoms with E-state index in [1.807, 2.05) is 18.7 Å². The standard InChI is InChI=1S/C29H29FN6O3S/c1-4-20-13-25(28(37)35-10-8-26-21(17(35)3)9-11-40-26)33-27-14-24(34-36(20)27)22-7-6-19(12-23(22)30)32-16-18(15-31)29(38)39-5-2/h6-7,9,11-17,31-32H,4-5,8,10H2,1-3H3/b18-16+,31-15?. The summed E-state index contributed by atoms with van der Waals surface area (Å²) in [6.07, 6.45) is 3.60. The van der Waals surface area contributed by atoms with E-state index < -0.39 is 11.8 Å². The minimum atomic E-state index is -0.644. The zero-order chi connectivity index (χ0) is 28.4. The Bertz CT molecular complexity index is 1640. The summed E-state index contributed by atoms with van der Waals surface area (Å²) in [6, 6.07) is 9.99. The van der Waals surface area contributed by atoms with Crippen LogP contribution in [-0.2, 0) is 22.4 Å². The molecule has 1 aromatic carbocycles. The fourth-order valence-corrected chi connectivity index (χ4v) is 5.77. The second-order valence-corrected chi connectivity index (χ2v) is 10.3. The van der Waals surface area contributed by atoms with Gasteiger partial charge in [-0.2, -0.15) is 5.10 Å². The minimum Gasteiger partial charge on any atom is -0.462 e. The van der Waals surface area contributed by atoms with E-state index in [2.05, 4.69) is 26.8 Å². The van der Waals surface area contributed by atoms with Crippen molar-refractivity contribution in [2.45, 2.75) is 39.7 Å². The Morgan fingerprint density at radius 1 is 1.25 bits per heavy atom. The third kappa shape index (κ3) is 5.12. The normalized spacial score (nSPS) is 15.2. The smallest absolute Gasteiger partial charge is 0.341 e. The number of aryl methyl sites for hydroxylation is 1. The third-order valence-corrected chi connectivity index (χ3v) is 7.92. The van der Waals surface area contributed by atoms with Gasteiger partial charge in [-0.15, -0.1) is 11.3 Å². The molecule has 1 unspecified atom stereocenters. The molecule has 2 N–H and O–H groups in total. The molecule has 0 saturated carbocycles. The Morgan fingerprint density at radius 3 is 2.80 bits per heavy atom. The van der Waals surface area contributed by atoms with Crippen LogP contribution in [0.4, 0.5) is 10.1 Å². The van der Waals surface area contributed by atoms with Crippen molar-refractivity contribution in [3.8, 4) is 11.3 Å². The molecule has 5 rings (SSSR count). The molecule has 0 radical (unpaired) electrons. The molecule has 0 aliphatic carbocycles. The number of fused-ring (bicyclic) bond motifs is 2. The molecule has 206 valence electrons. The molecular formula is C29H29FN6O3S. The molecule has 0 saturated heterocycles. The maximum Gasteiger partial charge on any atom is 0.341 e. The molecule has 40 heavy (non-hydrogen) atoms. The molecular weight excluding hydrogens is 531 g/mol. The Kier molecular flexibility index (Phi) is 7.74. The van der Waals surface area contributed by atoms with Gasteiger partial charge in [0.2, 0.25) is 0 Å². The molecule has 1 atom stereocenters. The van der Waals surface area contributed by atoms with Crippen molar-refractivity contribution in [2.24, 2.45) is 0 Å². The van der Waals surface area contributed by atoms with Crippen molar-refractivity contribution in [2.75, 3.05) is 18.5 Å². The first kappa shape index (κ1) is 27.2. The summed E-state index contributed by atoms with van der Waals surface area (Å²) in [5.41, 5.74) is 3.83. The van der Waals surface area contributed by atoms with E-state index in [-0.39, 0.29) is 29.7 Å². The fourth-order valence-electron chi connectivity index (χ4n) is 4.81. The highest BCUT2D eigenvalue weighted by molar-refractivity contribution is 7.10. The number of rotatable bonds is 8. The monoisotopic (exact) mass is 560 g/mol. The first-order valence-corrected chi connectivity index (χ1v) is 13.9. The first-order chi connectivity index (χ1) is 19.3. The van der Waals surface area contributed by atoms with E-state index in [0.717, 1.165) is 18.3 Å². The average Bonchev–Trinajstić information content (AvgIpc) is 3.60. The van der Waals surface area contributed by atoms with Gasteiger partial charge in [-0.25, -0.2) is 18.7 Å². The number of ether oxygens (including phenoxy) is 1. The highest BCUT2D eigenvalue weighted by atomic mass is 32.1. The minimum absolute atomic E-state index is 0.00455. The first-order valence-electron chi connectivity index (χ1n) is 13.1. The van der Waals surface area contributed by atoms with Crippen LogP contribution in [-0.4, -0.2) is 50.7 Å². The average molecular weight is 561 g/mol. The summed E-state index contributed by atoms with van der Waals surface area (Å²) in [5.74, 6) is -1.31. The lowest BCUT2D eigenvalue weighted by atomic mass is 10.0. The van der Waals surface area contributed by atoms with E-state index in [1.54, 1.807) is 47.0 Å². The number of anilines is 1. The molecule has 0 spiro atoms. The van der Waals surface area contributed by atoms with Crippen molar-refractivity contribution in [3.63, 3.8) is 0 Å². The maximum atomic E-state index is 15.2. The van der Waals surface area contributed by atoms with Crippen molar-refractivity contribution in [3.05, 3.63) is 81.2 Å². The summed E-state index contributed by atoms with van der Waals surface area (Å²) in [5, 5.41) is 16.9. The van der Waals surface area contributed by atoms with Crippen LogP contribution >= 0.6 is 11.3 Å². The second-order valence-electron chi connectivity index (χ2n) is 9.31. The van der Waals surface area contributed by atoms with Crippen LogP contribution in [0.5, 0.6) is 0 Å². The van der Waals surface area contributed by atoms with Crippen molar-refractivity contribution in [1.29, 1.82) is 5.41 Å². The van der Waals surface area contributed by atoms with Crippen LogP contribution in [0.3, 0.4) is 0 Å². The van der Waals surface area contributed by atoms with Crippen LogP contribution in [0.2, 0.25) is 0 Å². The van der Waals surface area contributed by atoms with E-state index in [1.165, 1.54) is 22.7 Å². The number of carbonyl (C=O) groups excluding carboxylic acids is 2. The van der Waals surface area contributed by atoms with E-state index in [9.17, 15) is 9.59 Å². The molecule has 11 heteroatoms. The van der Waals surface area contributed by atoms with Crippen molar-refractivity contribution in [1.82, 2.24) is 19.5 Å². The highest BCUT2D eigenvalue weighted by Crippen LogP contribution is 2.34. The topological polar surface area (TPSA) is 113 Å². The summed E-state index contributed by atoms with van der Waals surface area (Å²) >= 11 is 1.73.